The van der Waals surface area contributed by atoms with Gasteiger partial charge in [0.1, 0.15) is 6.61 Å². The van der Waals surface area contributed by atoms with Crippen LogP contribution in [0.5, 0.6) is 0 Å². The summed E-state index contributed by atoms with van der Waals surface area (Å²) in [7, 11) is 1.72. The minimum absolute atomic E-state index is 0.0955. The molecule has 1 aromatic carbocycles. The molecule has 0 saturated heterocycles. The van der Waals surface area contributed by atoms with E-state index >= 15 is 0 Å². The van der Waals surface area contributed by atoms with Gasteiger partial charge in [-0.3, -0.25) is 9.58 Å². The number of carboxylic acid groups (broad SMARTS) is 1. The second kappa shape index (κ2) is 8.32. The molecule has 1 unspecified atom stereocenters. The molecule has 2 aromatic rings. The van der Waals surface area contributed by atoms with Gasteiger partial charge in [0.15, 0.2) is 6.04 Å². The average Bonchev–Trinajstić information content (AvgIpc) is 2.91. The molecule has 0 saturated carbocycles. The monoisotopic (exact) mass is 345 g/mol. The molecule has 1 heterocycles. The lowest BCUT2D eigenvalue weighted by molar-refractivity contribution is -0.143. The van der Waals surface area contributed by atoms with Gasteiger partial charge < -0.3 is 9.84 Å². The fourth-order valence-corrected chi connectivity index (χ4v) is 2.69. The minimum Gasteiger partial charge on any atom is -0.479 e. The van der Waals surface area contributed by atoms with Crippen molar-refractivity contribution in [3.05, 3.63) is 53.3 Å². The molecular formula is C18H23N3O4. The van der Waals surface area contributed by atoms with Crippen molar-refractivity contribution in [2.45, 2.75) is 32.9 Å². The summed E-state index contributed by atoms with van der Waals surface area (Å²) in [5, 5.41) is 13.9. The van der Waals surface area contributed by atoms with Crippen molar-refractivity contribution < 1.29 is 19.4 Å². The normalized spacial score (nSPS) is 11.8. The molecule has 0 bridgehead atoms. The molecule has 0 radical (unpaired) electrons. The first-order valence-electron chi connectivity index (χ1n) is 8.14. The molecule has 0 fully saturated rings. The maximum atomic E-state index is 12.6. The van der Waals surface area contributed by atoms with Gasteiger partial charge in [-0.2, -0.15) is 5.10 Å². The van der Waals surface area contributed by atoms with E-state index in [4.69, 9.17) is 4.74 Å². The van der Waals surface area contributed by atoms with Crippen LogP contribution in [0.25, 0.3) is 0 Å². The number of aromatic nitrogens is 2. The number of aliphatic carboxylic acids is 1. The highest BCUT2D eigenvalue weighted by molar-refractivity contribution is 5.81. The molecule has 0 aliphatic heterocycles. The van der Waals surface area contributed by atoms with Crippen LogP contribution in [0, 0.1) is 6.92 Å². The maximum absolute atomic E-state index is 12.6. The van der Waals surface area contributed by atoms with Crippen LogP contribution in [-0.4, -0.2) is 38.4 Å². The van der Waals surface area contributed by atoms with E-state index in [0.717, 1.165) is 5.56 Å². The predicted molar refractivity (Wildman–Crippen MR) is 91.9 cm³/mol. The third-order valence-corrected chi connectivity index (χ3v) is 3.80. The molecule has 1 amide bonds. The number of ether oxygens (including phenoxy) is 1. The summed E-state index contributed by atoms with van der Waals surface area (Å²) < 4.78 is 6.88. The summed E-state index contributed by atoms with van der Waals surface area (Å²) >= 11 is 0. The van der Waals surface area contributed by atoms with Crippen molar-refractivity contribution in [3.8, 4) is 0 Å². The van der Waals surface area contributed by atoms with Crippen molar-refractivity contribution in [1.29, 1.82) is 0 Å². The molecule has 2 rings (SSSR count). The fraction of sp³-hybridized carbons (Fsp3) is 0.389. The van der Waals surface area contributed by atoms with Gasteiger partial charge in [0, 0.05) is 25.4 Å². The van der Waals surface area contributed by atoms with Crippen LogP contribution < -0.4 is 0 Å². The minimum atomic E-state index is -1.13. The van der Waals surface area contributed by atoms with Gasteiger partial charge in [-0.05, 0) is 18.9 Å². The number of amides is 1. The molecule has 0 aliphatic carbocycles. The Hall–Kier alpha value is -2.83. The van der Waals surface area contributed by atoms with Crippen LogP contribution in [0.2, 0.25) is 0 Å². The Morgan fingerprint density at radius 3 is 2.52 bits per heavy atom. The molecule has 7 heteroatoms. The van der Waals surface area contributed by atoms with Crippen LogP contribution >= 0.6 is 0 Å². The second-order valence-corrected chi connectivity index (χ2v) is 5.82. The van der Waals surface area contributed by atoms with Gasteiger partial charge >= 0.3 is 12.1 Å². The Morgan fingerprint density at radius 1 is 1.32 bits per heavy atom. The highest BCUT2D eigenvalue weighted by atomic mass is 16.6. The summed E-state index contributed by atoms with van der Waals surface area (Å²) in [6.45, 7) is 3.98. The molecule has 25 heavy (non-hydrogen) atoms. The number of carbonyl (C=O) groups excluding carboxylic acids is 1. The van der Waals surface area contributed by atoms with Gasteiger partial charge in [0.05, 0.1) is 5.69 Å². The number of benzene rings is 1. The average molecular weight is 345 g/mol. The highest BCUT2D eigenvalue weighted by Gasteiger charge is 2.34. The zero-order chi connectivity index (χ0) is 18.4. The second-order valence-electron chi connectivity index (χ2n) is 5.82. The van der Waals surface area contributed by atoms with E-state index < -0.39 is 18.1 Å². The van der Waals surface area contributed by atoms with Gasteiger partial charge in [0.25, 0.3) is 0 Å². The number of hydrogen-bond acceptors (Lipinski definition) is 4. The summed E-state index contributed by atoms with van der Waals surface area (Å²) in [5.74, 6) is -1.11. The van der Waals surface area contributed by atoms with E-state index in [9.17, 15) is 14.7 Å². The van der Waals surface area contributed by atoms with Crippen LogP contribution in [0.15, 0.2) is 36.5 Å². The van der Waals surface area contributed by atoms with E-state index in [-0.39, 0.29) is 13.2 Å². The first-order valence-corrected chi connectivity index (χ1v) is 8.14. The third-order valence-electron chi connectivity index (χ3n) is 3.80. The SMILES string of the molecule is CCCN(C(=O)OCc1ccccc1)C(C(=O)O)c1cn(C)nc1C. The van der Waals surface area contributed by atoms with Gasteiger partial charge in [-0.1, -0.05) is 37.3 Å². The summed E-state index contributed by atoms with van der Waals surface area (Å²) in [5.41, 5.74) is 1.91. The van der Waals surface area contributed by atoms with Crippen molar-refractivity contribution in [2.24, 2.45) is 7.05 Å². The van der Waals surface area contributed by atoms with Crippen LogP contribution in [0.4, 0.5) is 4.79 Å². The molecule has 1 atom stereocenters. The van der Waals surface area contributed by atoms with Crippen molar-refractivity contribution >= 4 is 12.1 Å². The first kappa shape index (κ1) is 18.5. The summed E-state index contributed by atoms with van der Waals surface area (Å²) in [6.07, 6.45) is 1.59. The Balaban J connectivity index is 2.22. The lowest BCUT2D eigenvalue weighted by atomic mass is 10.1. The number of carboxylic acids is 1. The van der Waals surface area contributed by atoms with E-state index in [1.807, 2.05) is 37.3 Å². The Kier molecular flexibility index (Phi) is 6.16. The zero-order valence-corrected chi connectivity index (χ0v) is 14.7. The number of aryl methyl sites for hydroxylation is 2. The number of nitrogens with zero attached hydrogens (tertiary/aromatic N) is 3. The molecule has 7 nitrogen and oxygen atoms in total. The predicted octanol–water partition coefficient (Wildman–Crippen LogP) is 2.90. The van der Waals surface area contributed by atoms with Gasteiger partial charge in [-0.25, -0.2) is 9.59 Å². The molecule has 0 spiro atoms. The van der Waals surface area contributed by atoms with Gasteiger partial charge in [0.2, 0.25) is 0 Å². The van der Waals surface area contributed by atoms with Crippen LogP contribution in [0.1, 0.15) is 36.2 Å². The Morgan fingerprint density at radius 2 is 2.00 bits per heavy atom. The van der Waals surface area contributed by atoms with Crippen molar-refractivity contribution in [2.75, 3.05) is 6.54 Å². The zero-order valence-electron chi connectivity index (χ0n) is 14.7. The van der Waals surface area contributed by atoms with Crippen LogP contribution in [-0.2, 0) is 23.2 Å². The molecule has 1 aromatic heterocycles. The fourth-order valence-electron chi connectivity index (χ4n) is 2.69. The topological polar surface area (TPSA) is 84.7 Å². The molecular weight excluding hydrogens is 322 g/mol. The lowest BCUT2D eigenvalue weighted by Crippen LogP contribution is -2.40. The Bertz CT molecular complexity index is 727. The largest absolute Gasteiger partial charge is 0.479 e. The van der Waals surface area contributed by atoms with Crippen molar-refractivity contribution in [1.82, 2.24) is 14.7 Å². The number of carbonyl (C=O) groups is 2. The quantitative estimate of drug-likeness (QED) is 0.834. The van der Waals surface area contributed by atoms with Crippen LogP contribution in [0.3, 0.4) is 0 Å². The number of rotatable bonds is 7. The molecule has 0 aliphatic rings. The number of hydrogen-bond donors (Lipinski definition) is 1. The summed E-state index contributed by atoms with van der Waals surface area (Å²) in [4.78, 5) is 25.7. The van der Waals surface area contributed by atoms with Gasteiger partial charge in [-0.15, -0.1) is 0 Å². The van der Waals surface area contributed by atoms with Crippen molar-refractivity contribution in [3.63, 3.8) is 0 Å². The van der Waals surface area contributed by atoms with E-state index in [1.165, 1.54) is 4.90 Å². The first-order chi connectivity index (χ1) is 11.9. The molecule has 1 N–H and O–H groups in total. The standard InChI is InChI=1S/C18H23N3O4/c1-4-10-21(18(24)25-12-14-8-6-5-7-9-14)16(17(22)23)15-11-20(3)19-13(15)2/h5-9,11,16H,4,10,12H2,1-3H3,(H,22,23). The lowest BCUT2D eigenvalue weighted by Gasteiger charge is -2.27. The summed E-state index contributed by atoms with van der Waals surface area (Å²) in [6, 6.07) is 8.14. The Labute approximate surface area is 146 Å². The highest BCUT2D eigenvalue weighted by Crippen LogP contribution is 2.25. The van der Waals surface area contributed by atoms with E-state index in [1.54, 1.807) is 24.9 Å². The van der Waals surface area contributed by atoms with E-state index in [2.05, 4.69) is 5.10 Å². The molecule has 134 valence electrons. The smallest absolute Gasteiger partial charge is 0.411 e. The van der Waals surface area contributed by atoms with E-state index in [0.29, 0.717) is 17.7 Å². The maximum Gasteiger partial charge on any atom is 0.411 e. The third kappa shape index (κ3) is 4.59.